The van der Waals surface area contributed by atoms with Gasteiger partial charge in [0, 0.05) is 62.8 Å². The Morgan fingerprint density at radius 1 is 0.415 bits per heavy atom. The Morgan fingerprint density at radius 2 is 0.754 bits per heavy atom. The van der Waals surface area contributed by atoms with Gasteiger partial charge in [0.25, 0.3) is 23.6 Å². The Labute approximate surface area is 683 Å². The number of aliphatic hydroxyl groups is 3. The van der Waals surface area contributed by atoms with E-state index in [0.29, 0.717) is 29.5 Å². The summed E-state index contributed by atoms with van der Waals surface area (Å²) < 4.78 is 5.54. The maximum Gasteiger partial charge on any atom is 0.312 e. The quantitative estimate of drug-likeness (QED) is 0.0532. The molecule has 0 radical (unpaired) electrons. The van der Waals surface area contributed by atoms with Crippen LogP contribution in [0.5, 0.6) is 17.2 Å². The van der Waals surface area contributed by atoms with Crippen LogP contribution >= 0.6 is 0 Å². The zero-order valence-electron chi connectivity index (χ0n) is 68.1. The van der Waals surface area contributed by atoms with E-state index in [4.69, 9.17) is 4.74 Å². The van der Waals surface area contributed by atoms with Crippen molar-refractivity contribution in [1.82, 2.24) is 88.0 Å². The van der Waals surface area contributed by atoms with E-state index in [1.165, 1.54) is 94.6 Å². The first-order valence-electron chi connectivity index (χ1n) is 39.0. The number of rotatable bonds is 18. The lowest BCUT2D eigenvalue weighted by Gasteiger charge is -2.37. The largest absolute Gasteiger partial charge is 0.505 e. The van der Waals surface area contributed by atoms with Gasteiger partial charge in [-0.1, -0.05) is 73.6 Å². The molecule has 118 heavy (non-hydrogen) atoms. The Balaban J connectivity index is 0.000000244. The molecular formula is C82H109N17O19. The summed E-state index contributed by atoms with van der Waals surface area (Å²) >= 11 is 0. The molecule has 0 spiro atoms. The number of aromatic nitrogens is 6. The normalized spacial score (nSPS) is 26.4. The summed E-state index contributed by atoms with van der Waals surface area (Å²) in [7, 11) is 1.52. The van der Waals surface area contributed by atoms with Crippen molar-refractivity contribution in [2.24, 2.45) is 35.5 Å². The lowest BCUT2D eigenvalue weighted by atomic mass is 9.90. The molecule has 0 saturated carbocycles. The van der Waals surface area contributed by atoms with E-state index < -0.39 is 180 Å². The van der Waals surface area contributed by atoms with E-state index in [9.17, 15) is 88.2 Å². The Bertz CT molecular complexity index is 4250. The molecule has 36 nitrogen and oxygen atoms in total. The summed E-state index contributed by atoms with van der Waals surface area (Å²) in [5.74, 6) is -12.1. The van der Waals surface area contributed by atoms with Crippen molar-refractivity contribution in [2.45, 2.75) is 212 Å². The van der Waals surface area contributed by atoms with Crippen LogP contribution in [0.2, 0.25) is 0 Å². The highest BCUT2D eigenvalue weighted by Crippen LogP contribution is 2.25. The molecule has 16 N–H and O–H groups in total. The third kappa shape index (κ3) is 26.2. The molecule has 6 aromatic heterocycles. The van der Waals surface area contributed by atoms with Crippen LogP contribution in [-0.2, 0) is 67.2 Å². The first-order valence-corrected chi connectivity index (χ1v) is 39.0. The number of nitrogens with one attached hydrogen (secondary N) is 10. The standard InChI is InChI=1S/C28H38N6O6.C27H36N6O6.C27H35N5O7/c1-15(2)12-20-25(37)31-17(4)22(33-27(39)23-21(35)9-7-11-30-23)26(38)32-19(13-18-8-6-10-29-14-18)24(36)16(3)28(40)34(20)5;1-14(2)11-19-25(37)30-16(4)21(33-27(39)22-20(34)8-6-10-29-22)26(38)31-18(12-17-7-5-9-28-13-17)23(35)15(3)24(36)32-19;1-14(2)11-20-24(35)30-16(4)21(32-26(37)22-19(33)8-6-10-29-22)25(36)31-18(12-17-7-5-9-28-13-17)23(34)15(3)27(38)39-20/h6-11,14-17,19-20,22,24,35-36H,12-13H2,1-5H3,(H,31,37)(H,32,38)(H,33,39);5-10,13-16,18-19,21,23,34-35H,11-12H2,1-4H3,(H,30,37)(H,31,38)(H,32,36)(H,33,39);5-10,13-16,18,20-21,23,33-34H,11-12H2,1-4H3,(H,30,35)(H,31,36)(H,32,37)/t16-,17-,19+,20?,22+,24+;15-,16-,18+,19?,21+,23+;15-,16-,18+,20?,21+,23+/m111/s1. The van der Waals surface area contributed by atoms with E-state index in [2.05, 4.69) is 83.1 Å². The van der Waals surface area contributed by atoms with Crippen molar-refractivity contribution >= 4 is 70.9 Å². The lowest BCUT2D eigenvalue weighted by Crippen LogP contribution is -2.64. The number of hydrogen-bond donors (Lipinski definition) is 16. The van der Waals surface area contributed by atoms with Gasteiger partial charge in [0.15, 0.2) is 23.2 Å². The molecule has 9 heterocycles. The molecular weight excluding hydrogens is 1530 g/mol. The van der Waals surface area contributed by atoms with E-state index in [1.54, 1.807) is 87.4 Å². The van der Waals surface area contributed by atoms with Crippen LogP contribution in [0, 0.1) is 35.5 Å². The number of aliphatic hydroxyl groups excluding tert-OH is 3. The average Bonchev–Trinajstić information content (AvgIpc) is 0.825. The minimum Gasteiger partial charge on any atom is -0.505 e. The topological polar surface area (TPSA) is 536 Å². The van der Waals surface area contributed by atoms with E-state index in [-0.39, 0.29) is 77.8 Å². The molecule has 18 atom stereocenters. The number of pyridine rings is 6. The maximum atomic E-state index is 13.7. The van der Waals surface area contributed by atoms with Crippen molar-refractivity contribution in [3.05, 3.63) is 162 Å². The SMILES string of the molecule is CC(C)CC1C(=O)N[C@H](C)[C@H](NC(=O)c2ncccc2O)C(=O)N[C@@H](Cc2cccnc2)[C@@H](O)[C@@H](C)C(=O)N1C.CC(C)CC1NC(=O)[C@H](C)[C@H](O)[C@H](Cc2cccnc2)NC(=O)[C@@H](NC(=O)c2ncccc2O)[C@@H](C)NC1=O.CC(C)CC1OC(=O)[C@H](C)[C@H](O)[C@H](Cc2cccnc2)NC(=O)[C@@H](NC(=O)c2ncccc2O)[C@@H](C)NC1=O. The fraction of sp³-hybridized carbons (Fsp3) is 0.488. The second-order valence-corrected chi connectivity index (χ2v) is 31.1. The van der Waals surface area contributed by atoms with Crippen molar-refractivity contribution < 1.29 is 92.9 Å². The average molecular weight is 1640 g/mol. The van der Waals surface area contributed by atoms with Gasteiger partial charge in [-0.2, -0.15) is 0 Å². The van der Waals surface area contributed by atoms with E-state index in [1.807, 2.05) is 41.5 Å². The highest BCUT2D eigenvalue weighted by molar-refractivity contribution is 6.01. The minimum atomic E-state index is -1.39. The van der Waals surface area contributed by atoms with Gasteiger partial charge >= 0.3 is 5.97 Å². The summed E-state index contributed by atoms with van der Waals surface area (Å²) in [6, 6.07) is 7.21. The molecule has 9 rings (SSSR count). The van der Waals surface area contributed by atoms with Crippen LogP contribution in [0.25, 0.3) is 0 Å². The number of carbonyl (C=O) groups is 12. The van der Waals surface area contributed by atoms with Gasteiger partial charge in [0.05, 0.1) is 72.3 Å². The second kappa shape index (κ2) is 43.7. The van der Waals surface area contributed by atoms with Gasteiger partial charge in [-0.05, 0) is 155 Å². The van der Waals surface area contributed by atoms with Crippen LogP contribution in [0.4, 0.5) is 0 Å². The highest BCUT2D eigenvalue weighted by atomic mass is 16.5. The van der Waals surface area contributed by atoms with Crippen LogP contribution in [0.15, 0.2) is 129 Å². The van der Waals surface area contributed by atoms with Crippen LogP contribution in [0.1, 0.15) is 151 Å². The summed E-state index contributed by atoms with van der Waals surface area (Å²) in [5.41, 5.74) is 1.23. The number of likely N-dealkylation sites (N-methyl/N-ethyl adjacent to an activating group) is 1. The number of nitrogens with zero attached hydrogens (tertiary/aromatic N) is 7. The number of aromatic hydroxyl groups is 3. The summed E-state index contributed by atoms with van der Waals surface area (Å²) in [4.78, 5) is 184. The van der Waals surface area contributed by atoms with Crippen molar-refractivity contribution in [3.8, 4) is 17.2 Å². The zero-order chi connectivity index (χ0) is 86.9. The molecule has 3 aliphatic rings. The van der Waals surface area contributed by atoms with Crippen molar-refractivity contribution in [2.75, 3.05) is 7.05 Å². The predicted octanol–water partition coefficient (Wildman–Crippen LogP) is 0.932. The maximum absolute atomic E-state index is 13.7. The number of amides is 11. The Kier molecular flexibility index (Phi) is 34.4. The first-order chi connectivity index (χ1) is 55.8. The monoisotopic (exact) mass is 1640 g/mol. The third-order valence-electron chi connectivity index (χ3n) is 20.2. The number of carbonyl (C=O) groups excluding carboxylic acids is 12. The van der Waals surface area contributed by atoms with Crippen molar-refractivity contribution in [3.63, 3.8) is 0 Å². The number of esters is 1. The minimum absolute atomic E-state index is 0.0127. The summed E-state index contributed by atoms with van der Waals surface area (Å²) in [5, 5.41) is 90.8. The number of hydrogen-bond acceptors (Lipinski definition) is 25. The molecule has 11 amide bonds. The first kappa shape index (κ1) is 93.0. The smallest absolute Gasteiger partial charge is 0.312 e. The van der Waals surface area contributed by atoms with E-state index >= 15 is 0 Å². The third-order valence-corrected chi connectivity index (χ3v) is 20.2. The fourth-order valence-electron chi connectivity index (χ4n) is 13.5. The fourth-order valence-corrected chi connectivity index (χ4v) is 13.5. The van der Waals surface area contributed by atoms with Gasteiger partial charge in [-0.25, -0.2) is 15.0 Å². The van der Waals surface area contributed by atoms with Gasteiger partial charge in [0.1, 0.15) is 47.5 Å². The number of ether oxygens (including phenoxy) is 1. The van der Waals surface area contributed by atoms with Crippen LogP contribution < -0.4 is 53.2 Å². The Hall–Kier alpha value is -12.2. The zero-order valence-corrected chi connectivity index (χ0v) is 68.1. The van der Waals surface area contributed by atoms with Gasteiger partial charge in [-0.15, -0.1) is 0 Å². The van der Waals surface area contributed by atoms with Gasteiger partial charge in [0.2, 0.25) is 41.4 Å². The highest BCUT2D eigenvalue weighted by Gasteiger charge is 2.44. The van der Waals surface area contributed by atoms with Crippen molar-refractivity contribution in [1.29, 1.82) is 0 Å². The molecule has 36 heteroatoms. The molecule has 3 unspecified atom stereocenters. The molecule has 0 aliphatic carbocycles. The van der Waals surface area contributed by atoms with Gasteiger partial charge < -0.3 is 93.4 Å². The molecule has 636 valence electrons. The van der Waals surface area contributed by atoms with E-state index in [0.717, 1.165) is 0 Å². The number of cyclic esters (lactones) is 1. The van der Waals surface area contributed by atoms with Crippen LogP contribution in [-0.4, -0.2) is 234 Å². The molecule has 0 bridgehead atoms. The summed E-state index contributed by atoms with van der Waals surface area (Å²) in [6.45, 7) is 20.5. The molecule has 3 fully saturated rings. The molecule has 3 saturated heterocycles. The molecule has 3 aliphatic heterocycles. The Morgan fingerprint density at radius 3 is 1.10 bits per heavy atom. The summed E-state index contributed by atoms with van der Waals surface area (Å²) in [6.07, 6.45) is 9.54. The second-order valence-electron chi connectivity index (χ2n) is 31.1. The molecule has 6 aromatic rings. The molecule has 0 aromatic carbocycles. The van der Waals surface area contributed by atoms with Gasteiger partial charge in [-0.3, -0.25) is 72.5 Å². The van der Waals surface area contributed by atoms with Crippen LogP contribution in [0.3, 0.4) is 0 Å². The lowest BCUT2D eigenvalue weighted by molar-refractivity contribution is -0.165. The predicted molar refractivity (Wildman–Crippen MR) is 426 cm³/mol.